The summed E-state index contributed by atoms with van der Waals surface area (Å²) in [6.07, 6.45) is 8.89. The number of fused-ring (bicyclic) bond motifs is 2. The van der Waals surface area contributed by atoms with Gasteiger partial charge in [-0.15, -0.1) is 0 Å². The minimum absolute atomic E-state index is 0.0972. The fourth-order valence-corrected chi connectivity index (χ4v) is 7.66. The monoisotopic (exact) mass is 596 g/mol. The lowest BCUT2D eigenvalue weighted by Gasteiger charge is -2.37. The molecule has 2 aromatic carbocycles. The number of morpholine rings is 1. The summed E-state index contributed by atoms with van der Waals surface area (Å²) in [4.78, 5) is 34.9. The predicted octanol–water partition coefficient (Wildman–Crippen LogP) is 5.13. The quantitative estimate of drug-likeness (QED) is 0.393. The van der Waals surface area contributed by atoms with E-state index in [1.807, 2.05) is 13.0 Å². The molecule has 8 nitrogen and oxygen atoms in total. The zero-order valence-electron chi connectivity index (χ0n) is 25.9. The minimum atomic E-state index is -0.204. The molecule has 232 valence electrons. The van der Waals surface area contributed by atoms with Crippen molar-refractivity contribution >= 4 is 11.6 Å². The second kappa shape index (κ2) is 12.8. The number of hydrogen-bond donors (Lipinski definition) is 2. The number of pyridine rings is 1. The van der Waals surface area contributed by atoms with Crippen LogP contribution in [-0.4, -0.2) is 61.3 Å². The number of aryl methyl sites for hydroxylation is 1. The summed E-state index contributed by atoms with van der Waals surface area (Å²) in [7, 11) is 0. The normalized spacial score (nSPS) is 18.9. The lowest BCUT2D eigenvalue weighted by molar-refractivity contribution is 0.0342. The Kier molecular flexibility index (Phi) is 8.45. The third kappa shape index (κ3) is 5.89. The van der Waals surface area contributed by atoms with E-state index in [1.54, 1.807) is 0 Å². The van der Waals surface area contributed by atoms with E-state index in [0.717, 1.165) is 93.1 Å². The number of nitrogens with zero attached hydrogens (tertiary/aromatic N) is 2. The molecule has 1 saturated heterocycles. The van der Waals surface area contributed by atoms with Gasteiger partial charge in [0.1, 0.15) is 6.61 Å². The van der Waals surface area contributed by atoms with Gasteiger partial charge in [0.2, 0.25) is 0 Å². The van der Waals surface area contributed by atoms with E-state index in [4.69, 9.17) is 9.47 Å². The van der Waals surface area contributed by atoms with Gasteiger partial charge in [0.05, 0.1) is 31.0 Å². The number of aromatic nitrogens is 1. The number of benzene rings is 2. The van der Waals surface area contributed by atoms with Crippen molar-refractivity contribution in [1.82, 2.24) is 15.2 Å². The van der Waals surface area contributed by atoms with Crippen LogP contribution in [0, 0.1) is 6.92 Å². The largest absolute Gasteiger partial charge is 0.489 e. The van der Waals surface area contributed by atoms with Crippen LogP contribution in [-0.2, 0) is 30.7 Å². The van der Waals surface area contributed by atoms with Crippen LogP contribution in [0.5, 0.6) is 5.75 Å². The van der Waals surface area contributed by atoms with E-state index < -0.39 is 0 Å². The molecule has 3 heterocycles. The first-order chi connectivity index (χ1) is 21.5. The van der Waals surface area contributed by atoms with E-state index in [1.165, 1.54) is 36.8 Å². The van der Waals surface area contributed by atoms with E-state index in [9.17, 15) is 9.59 Å². The first-order valence-electron chi connectivity index (χ1n) is 16.5. The van der Waals surface area contributed by atoms with E-state index in [-0.39, 0.29) is 18.0 Å². The lowest BCUT2D eigenvalue weighted by Crippen LogP contribution is -2.40. The number of carbonyl (C=O) groups excluding carboxylic acids is 1. The summed E-state index contributed by atoms with van der Waals surface area (Å²) < 4.78 is 11.8. The Morgan fingerprint density at radius 3 is 2.45 bits per heavy atom. The predicted molar refractivity (Wildman–Crippen MR) is 173 cm³/mol. The molecular formula is C36H44N4O4. The van der Waals surface area contributed by atoms with Crippen molar-refractivity contribution in [1.29, 1.82) is 0 Å². The highest BCUT2D eigenvalue weighted by Crippen LogP contribution is 2.42. The topological polar surface area (TPSA) is 86.9 Å². The van der Waals surface area contributed by atoms with E-state index in [0.29, 0.717) is 29.5 Å². The molecular weight excluding hydrogens is 552 g/mol. The molecule has 1 amide bonds. The van der Waals surface area contributed by atoms with Gasteiger partial charge in [-0.05, 0) is 85.4 Å². The van der Waals surface area contributed by atoms with Crippen LogP contribution in [0.15, 0.2) is 41.2 Å². The van der Waals surface area contributed by atoms with Gasteiger partial charge < -0.3 is 24.7 Å². The number of H-pyrrole nitrogens is 1. The summed E-state index contributed by atoms with van der Waals surface area (Å²) in [5.41, 5.74) is 8.81. The average molecular weight is 597 g/mol. The smallest absolute Gasteiger partial charge is 0.255 e. The molecule has 2 N–H and O–H groups in total. The number of carbonyl (C=O) groups is 1. The van der Waals surface area contributed by atoms with E-state index >= 15 is 0 Å². The van der Waals surface area contributed by atoms with Crippen molar-refractivity contribution in [2.24, 2.45) is 0 Å². The molecule has 7 rings (SSSR count). The van der Waals surface area contributed by atoms with Crippen molar-refractivity contribution in [3.05, 3.63) is 80.3 Å². The van der Waals surface area contributed by atoms with Crippen LogP contribution in [0.3, 0.4) is 0 Å². The highest BCUT2D eigenvalue weighted by atomic mass is 16.5. The first-order valence-corrected chi connectivity index (χ1v) is 16.5. The number of hydrogen-bond acceptors (Lipinski definition) is 6. The number of anilines is 1. The Bertz CT molecular complexity index is 1570. The molecule has 0 unspecified atom stereocenters. The molecule has 0 atom stereocenters. The Morgan fingerprint density at radius 2 is 1.68 bits per heavy atom. The highest BCUT2D eigenvalue weighted by molar-refractivity contribution is 6.01. The van der Waals surface area contributed by atoms with Crippen molar-refractivity contribution in [3.63, 3.8) is 0 Å². The standard InChI is InChI=1S/C36H44N4O4/c1-24-29-8-4-5-9-30(29)32(36(42)38-24)22-37-35(41)31-20-27(21-33-34(31)44-19-16-40(33)28-6-2-3-7-28)26-12-10-25(11-13-26)23-39-14-17-43-18-15-39/h10-13,20-21,28H,2-9,14-19,22-23H2,1H3,(H,37,41)(H,38,42). The fourth-order valence-electron chi connectivity index (χ4n) is 7.66. The van der Waals surface area contributed by atoms with Crippen LogP contribution < -0.4 is 20.5 Å². The van der Waals surface area contributed by atoms with Crippen LogP contribution in [0.1, 0.15) is 76.8 Å². The summed E-state index contributed by atoms with van der Waals surface area (Å²) >= 11 is 0. The second-order valence-electron chi connectivity index (χ2n) is 12.8. The number of amides is 1. The zero-order valence-corrected chi connectivity index (χ0v) is 25.9. The van der Waals surface area contributed by atoms with Gasteiger partial charge in [0.15, 0.2) is 5.75 Å². The molecule has 2 fully saturated rings. The number of ether oxygens (including phenoxy) is 2. The SMILES string of the molecule is Cc1[nH]c(=O)c(CNC(=O)c2cc(-c3ccc(CN4CCOCC4)cc3)cc3c2OCCN3C2CCCC2)c2c1CCCC2. The van der Waals surface area contributed by atoms with Gasteiger partial charge in [-0.3, -0.25) is 14.5 Å². The van der Waals surface area contributed by atoms with Crippen LogP contribution >= 0.6 is 0 Å². The third-order valence-electron chi connectivity index (χ3n) is 10.1. The van der Waals surface area contributed by atoms with Gasteiger partial charge in [0, 0.05) is 43.5 Å². The minimum Gasteiger partial charge on any atom is -0.489 e. The fraction of sp³-hybridized carbons (Fsp3) is 0.500. The number of rotatable bonds is 7. The van der Waals surface area contributed by atoms with Crippen LogP contribution in [0.25, 0.3) is 11.1 Å². The van der Waals surface area contributed by atoms with Crippen molar-refractivity contribution in [2.45, 2.75) is 77.4 Å². The van der Waals surface area contributed by atoms with Gasteiger partial charge in [-0.25, -0.2) is 0 Å². The zero-order chi connectivity index (χ0) is 30.0. The maximum absolute atomic E-state index is 14.0. The molecule has 2 aliphatic carbocycles. The Hall–Kier alpha value is -3.62. The number of aromatic amines is 1. The Labute approximate surface area is 259 Å². The Morgan fingerprint density at radius 1 is 0.932 bits per heavy atom. The second-order valence-corrected chi connectivity index (χ2v) is 12.8. The van der Waals surface area contributed by atoms with Crippen molar-refractivity contribution in [2.75, 3.05) is 44.4 Å². The molecule has 1 saturated carbocycles. The van der Waals surface area contributed by atoms with Crippen LogP contribution in [0.4, 0.5) is 5.69 Å². The molecule has 8 heteroatoms. The molecule has 0 bridgehead atoms. The van der Waals surface area contributed by atoms with Gasteiger partial charge in [-0.2, -0.15) is 0 Å². The van der Waals surface area contributed by atoms with Gasteiger partial charge in [0.25, 0.3) is 11.5 Å². The van der Waals surface area contributed by atoms with E-state index in [2.05, 4.69) is 50.4 Å². The third-order valence-corrected chi connectivity index (χ3v) is 10.1. The molecule has 2 aliphatic heterocycles. The maximum atomic E-state index is 14.0. The molecule has 0 spiro atoms. The van der Waals surface area contributed by atoms with Crippen LogP contribution in [0.2, 0.25) is 0 Å². The van der Waals surface area contributed by atoms with Gasteiger partial charge in [-0.1, -0.05) is 37.1 Å². The van der Waals surface area contributed by atoms with Gasteiger partial charge >= 0.3 is 0 Å². The highest BCUT2D eigenvalue weighted by Gasteiger charge is 2.31. The van der Waals surface area contributed by atoms with Crippen molar-refractivity contribution < 1.29 is 14.3 Å². The lowest BCUT2D eigenvalue weighted by atomic mass is 9.88. The summed E-state index contributed by atoms with van der Waals surface area (Å²) in [6.45, 7) is 7.98. The Balaban J connectivity index is 1.20. The molecule has 3 aromatic rings. The summed E-state index contributed by atoms with van der Waals surface area (Å²) in [5.74, 6) is 0.457. The summed E-state index contributed by atoms with van der Waals surface area (Å²) in [5, 5.41) is 3.12. The van der Waals surface area contributed by atoms with Crippen molar-refractivity contribution in [3.8, 4) is 16.9 Å². The maximum Gasteiger partial charge on any atom is 0.255 e. The molecule has 0 radical (unpaired) electrons. The first kappa shape index (κ1) is 29.1. The average Bonchev–Trinajstić information content (AvgIpc) is 3.60. The summed E-state index contributed by atoms with van der Waals surface area (Å²) in [6, 6.07) is 13.4. The molecule has 1 aromatic heterocycles. The number of nitrogens with one attached hydrogen (secondary N) is 2. The molecule has 44 heavy (non-hydrogen) atoms. The molecule has 4 aliphatic rings.